The van der Waals surface area contributed by atoms with Crippen LogP contribution in [0.2, 0.25) is 0 Å². The monoisotopic (exact) mass is 148 g/mol. The minimum Gasteiger partial charge on any atom is -0.0877 e. The molecule has 0 amide bonds. The zero-order chi connectivity index (χ0) is 7.68. The molecule has 0 radical (unpaired) electrons. The van der Waals surface area contributed by atoms with Crippen molar-refractivity contribution in [1.82, 2.24) is 0 Å². The summed E-state index contributed by atoms with van der Waals surface area (Å²) in [6.45, 7) is 2.09. The minimum absolute atomic E-state index is 1.000. The fourth-order valence-electron chi connectivity index (χ4n) is 2.32. The first-order valence-electron chi connectivity index (χ1n) is 4.76. The summed E-state index contributed by atoms with van der Waals surface area (Å²) in [5.41, 5.74) is 1.74. The fraction of sp³-hybridized carbons (Fsp3) is 0.636. The molecule has 2 unspecified atom stereocenters. The lowest BCUT2D eigenvalue weighted by Gasteiger charge is -2.04. The van der Waals surface area contributed by atoms with E-state index >= 15 is 0 Å². The molecule has 0 nitrogen and oxygen atoms in total. The normalized spacial score (nSPS) is 35.5. The molecular weight excluding hydrogens is 132 g/mol. The van der Waals surface area contributed by atoms with E-state index in [-0.39, 0.29) is 0 Å². The first kappa shape index (κ1) is 7.15. The molecule has 0 aromatic heterocycles. The van der Waals surface area contributed by atoms with Crippen molar-refractivity contribution in [2.75, 3.05) is 0 Å². The molecule has 0 bridgehead atoms. The van der Waals surface area contributed by atoms with Gasteiger partial charge in [0.1, 0.15) is 0 Å². The Bertz CT molecular complexity index is 184. The van der Waals surface area contributed by atoms with Crippen LogP contribution in [0, 0.1) is 11.8 Å². The van der Waals surface area contributed by atoms with Gasteiger partial charge in [-0.25, -0.2) is 0 Å². The van der Waals surface area contributed by atoms with Crippen LogP contribution >= 0.6 is 0 Å². The Labute approximate surface area is 69.0 Å². The Morgan fingerprint density at radius 2 is 1.82 bits per heavy atom. The second-order valence-electron chi connectivity index (χ2n) is 3.69. The highest BCUT2D eigenvalue weighted by molar-refractivity contribution is 5.33. The molecular formula is C11H16. The summed E-state index contributed by atoms with van der Waals surface area (Å²) < 4.78 is 0. The summed E-state index contributed by atoms with van der Waals surface area (Å²) in [4.78, 5) is 0. The molecule has 2 aliphatic carbocycles. The van der Waals surface area contributed by atoms with Crippen molar-refractivity contribution in [2.24, 2.45) is 11.8 Å². The van der Waals surface area contributed by atoms with Gasteiger partial charge < -0.3 is 0 Å². The van der Waals surface area contributed by atoms with Crippen molar-refractivity contribution >= 4 is 0 Å². The van der Waals surface area contributed by atoms with Gasteiger partial charge in [0.05, 0.1) is 0 Å². The molecule has 0 aliphatic heterocycles. The van der Waals surface area contributed by atoms with E-state index in [1.54, 1.807) is 5.57 Å². The van der Waals surface area contributed by atoms with Gasteiger partial charge in [0.25, 0.3) is 0 Å². The number of hydrogen-bond acceptors (Lipinski definition) is 0. The third-order valence-electron chi connectivity index (χ3n) is 2.99. The van der Waals surface area contributed by atoms with Crippen molar-refractivity contribution in [3.05, 3.63) is 23.8 Å². The van der Waals surface area contributed by atoms with Gasteiger partial charge >= 0.3 is 0 Å². The first-order valence-corrected chi connectivity index (χ1v) is 4.76. The standard InChI is InChI=1S/C11H16/c1-2-3-6-9-10-7-4-5-8-11(9)10/h2-3,6,10-11H,4-5,7-8H2,1H3/b3-2+,9-6?. The van der Waals surface area contributed by atoms with Crippen LogP contribution in [-0.2, 0) is 0 Å². The number of allylic oxidation sites excluding steroid dienone is 4. The summed E-state index contributed by atoms with van der Waals surface area (Å²) in [7, 11) is 0. The molecule has 0 saturated heterocycles. The molecule has 0 N–H and O–H groups in total. The van der Waals surface area contributed by atoms with Gasteiger partial charge in [-0.05, 0) is 31.6 Å². The lowest BCUT2D eigenvalue weighted by molar-refractivity contribution is 0.480. The predicted octanol–water partition coefficient (Wildman–Crippen LogP) is 3.31. The maximum absolute atomic E-state index is 2.33. The summed E-state index contributed by atoms with van der Waals surface area (Å²) in [6.07, 6.45) is 12.5. The van der Waals surface area contributed by atoms with Gasteiger partial charge in [0.15, 0.2) is 0 Å². The SMILES string of the molecule is C/C=C/C=C1C2CCCCC12. The van der Waals surface area contributed by atoms with Crippen LogP contribution in [0.15, 0.2) is 23.8 Å². The number of rotatable bonds is 1. The van der Waals surface area contributed by atoms with E-state index in [0.29, 0.717) is 0 Å². The molecule has 0 spiro atoms. The van der Waals surface area contributed by atoms with Crippen LogP contribution < -0.4 is 0 Å². The lowest BCUT2D eigenvalue weighted by atomic mass is 10.0. The largest absolute Gasteiger partial charge is 0.0877 e. The van der Waals surface area contributed by atoms with Crippen molar-refractivity contribution < 1.29 is 0 Å². The molecule has 0 aromatic carbocycles. The molecule has 60 valence electrons. The summed E-state index contributed by atoms with van der Waals surface area (Å²) >= 11 is 0. The maximum Gasteiger partial charge on any atom is -0.0131 e. The van der Waals surface area contributed by atoms with Gasteiger partial charge in [-0.15, -0.1) is 0 Å². The van der Waals surface area contributed by atoms with Crippen LogP contribution in [0.5, 0.6) is 0 Å². The highest BCUT2D eigenvalue weighted by Gasteiger charge is 2.43. The van der Waals surface area contributed by atoms with E-state index < -0.39 is 0 Å². The van der Waals surface area contributed by atoms with E-state index in [0.717, 1.165) is 11.8 Å². The summed E-state index contributed by atoms with van der Waals surface area (Å²) in [5.74, 6) is 2.00. The average Bonchev–Trinajstić information content (AvgIpc) is 2.75. The third-order valence-corrected chi connectivity index (χ3v) is 2.99. The molecule has 2 saturated carbocycles. The van der Waals surface area contributed by atoms with Crippen molar-refractivity contribution in [1.29, 1.82) is 0 Å². The lowest BCUT2D eigenvalue weighted by Crippen LogP contribution is -1.91. The molecule has 2 atom stereocenters. The molecule has 2 aliphatic rings. The van der Waals surface area contributed by atoms with Gasteiger partial charge in [0.2, 0.25) is 0 Å². The molecule has 2 fully saturated rings. The Morgan fingerprint density at radius 3 is 2.36 bits per heavy atom. The van der Waals surface area contributed by atoms with Crippen LogP contribution in [-0.4, -0.2) is 0 Å². The van der Waals surface area contributed by atoms with E-state index in [9.17, 15) is 0 Å². The Hall–Kier alpha value is -0.520. The molecule has 0 heterocycles. The molecule has 11 heavy (non-hydrogen) atoms. The highest BCUT2D eigenvalue weighted by Crippen LogP contribution is 2.54. The minimum atomic E-state index is 1.000. The van der Waals surface area contributed by atoms with E-state index in [1.165, 1.54) is 25.7 Å². The molecule has 0 aromatic rings. The number of hydrogen-bond donors (Lipinski definition) is 0. The Morgan fingerprint density at radius 1 is 1.18 bits per heavy atom. The average molecular weight is 148 g/mol. The van der Waals surface area contributed by atoms with Crippen LogP contribution in [0.4, 0.5) is 0 Å². The maximum atomic E-state index is 2.33. The number of fused-ring (bicyclic) bond motifs is 1. The van der Waals surface area contributed by atoms with Crippen LogP contribution in [0.3, 0.4) is 0 Å². The van der Waals surface area contributed by atoms with Gasteiger partial charge in [-0.1, -0.05) is 36.6 Å². The van der Waals surface area contributed by atoms with Crippen LogP contribution in [0.1, 0.15) is 32.6 Å². The third kappa shape index (κ3) is 1.26. The summed E-state index contributed by atoms with van der Waals surface area (Å²) in [6, 6.07) is 0. The van der Waals surface area contributed by atoms with Gasteiger partial charge in [0, 0.05) is 0 Å². The highest BCUT2D eigenvalue weighted by atomic mass is 14.5. The quantitative estimate of drug-likeness (QED) is 0.535. The Balaban J connectivity index is 1.99. The summed E-state index contributed by atoms with van der Waals surface area (Å²) in [5, 5.41) is 0. The molecule has 2 rings (SSSR count). The zero-order valence-electron chi connectivity index (χ0n) is 7.22. The van der Waals surface area contributed by atoms with E-state index in [2.05, 4.69) is 25.2 Å². The fourth-order valence-corrected chi connectivity index (χ4v) is 2.32. The van der Waals surface area contributed by atoms with Gasteiger partial charge in [-0.2, -0.15) is 0 Å². The second-order valence-corrected chi connectivity index (χ2v) is 3.69. The molecule has 0 heteroatoms. The zero-order valence-corrected chi connectivity index (χ0v) is 7.22. The van der Waals surface area contributed by atoms with E-state index in [4.69, 9.17) is 0 Å². The smallest absolute Gasteiger partial charge is 0.0131 e. The van der Waals surface area contributed by atoms with E-state index in [1.807, 2.05) is 0 Å². The van der Waals surface area contributed by atoms with Crippen molar-refractivity contribution in [3.63, 3.8) is 0 Å². The van der Waals surface area contributed by atoms with Crippen LogP contribution in [0.25, 0.3) is 0 Å². The topological polar surface area (TPSA) is 0 Å². The predicted molar refractivity (Wildman–Crippen MR) is 48.3 cm³/mol. The first-order chi connectivity index (χ1) is 5.43. The second kappa shape index (κ2) is 2.84. The van der Waals surface area contributed by atoms with Crippen molar-refractivity contribution in [3.8, 4) is 0 Å². The Kier molecular flexibility index (Phi) is 1.85. The van der Waals surface area contributed by atoms with Gasteiger partial charge in [-0.3, -0.25) is 0 Å². The van der Waals surface area contributed by atoms with Crippen molar-refractivity contribution in [2.45, 2.75) is 32.6 Å².